The molecular weight excluding hydrogens is 891 g/mol. The molecule has 0 aliphatic carbocycles. The van der Waals surface area contributed by atoms with Gasteiger partial charge in [0.15, 0.2) is 5.96 Å². The highest BCUT2D eigenvalue weighted by atomic mass is 16.4. The van der Waals surface area contributed by atoms with Gasteiger partial charge in [0.05, 0.1) is 25.4 Å². The van der Waals surface area contributed by atoms with Gasteiger partial charge in [-0.05, 0) is 63.7 Å². The molecule has 0 fully saturated rings. The van der Waals surface area contributed by atoms with Crippen molar-refractivity contribution in [2.45, 2.75) is 88.8 Å². The highest BCUT2D eigenvalue weighted by Gasteiger charge is 2.44. The van der Waals surface area contributed by atoms with E-state index in [0.717, 1.165) is 44.2 Å². The molecule has 0 saturated carbocycles. The van der Waals surface area contributed by atoms with Crippen molar-refractivity contribution in [2.75, 3.05) is 36.0 Å². The number of hydrogen-bond acceptors (Lipinski definition) is 9. The molecule has 70 heavy (non-hydrogen) atoms. The Morgan fingerprint density at radius 1 is 0.714 bits per heavy atom. The topological polar surface area (TPSA) is 276 Å². The standard InChI is InChI=1S/C53H63N9O8/c1-52(2)41(20-8-6-5-7-9-21-42-53(3,4)48-36-18-13-11-16-34(36)23-25-40(48)62(42)30-27-45(65)66)61(39-24-22-33-15-10-12-17-35(33)47(39)52)29-26-43(63)59-37(19-14-28-57-51(55)56)50(70)58-32-44(64)60-38(49(54)69)31-46(67)68/h5-13,15-18,20-25,37-38,42H,14,19,26-32H2,1-4H3,(H2,54,69)(H,58,70)(H,59,63)(H,60,64)(H,65,66)(H,67,68)(H4,55,56,57)/b7-5+,8-6+,21-9+,41-20+/t37-,38-,42?/m0/s1. The number of carboxylic acids is 2. The highest BCUT2D eigenvalue weighted by Crippen LogP contribution is 2.51. The molecule has 4 aromatic carbocycles. The van der Waals surface area contributed by atoms with Crippen LogP contribution in [0.4, 0.5) is 11.4 Å². The lowest BCUT2D eigenvalue weighted by molar-refractivity contribution is -0.140. The summed E-state index contributed by atoms with van der Waals surface area (Å²) in [5.74, 6) is -5.34. The lowest BCUT2D eigenvalue weighted by Crippen LogP contribution is -2.52. The Kier molecular flexibility index (Phi) is 16.5. The molecule has 0 spiro atoms. The van der Waals surface area contributed by atoms with E-state index in [1.807, 2.05) is 60.7 Å². The first kappa shape index (κ1) is 51.4. The van der Waals surface area contributed by atoms with Crippen LogP contribution in [0.1, 0.15) is 70.9 Å². The fraction of sp³-hybridized carbons (Fsp3) is 0.340. The second-order valence-corrected chi connectivity index (χ2v) is 18.5. The number of carbonyl (C=O) groups excluding carboxylic acids is 4. The van der Waals surface area contributed by atoms with Gasteiger partial charge in [0.2, 0.25) is 23.6 Å². The second kappa shape index (κ2) is 22.4. The largest absolute Gasteiger partial charge is 0.481 e. The van der Waals surface area contributed by atoms with Crippen molar-refractivity contribution >= 4 is 74.4 Å². The van der Waals surface area contributed by atoms with E-state index >= 15 is 0 Å². The van der Waals surface area contributed by atoms with Crippen LogP contribution < -0.4 is 43.0 Å². The summed E-state index contributed by atoms with van der Waals surface area (Å²) >= 11 is 0. The van der Waals surface area contributed by atoms with E-state index in [2.05, 4.69) is 113 Å². The normalized spacial score (nSPS) is 17.2. The molecule has 11 N–H and O–H groups in total. The third-order valence-electron chi connectivity index (χ3n) is 12.9. The third kappa shape index (κ3) is 12.0. The molecule has 4 amide bonds. The van der Waals surface area contributed by atoms with Crippen molar-refractivity contribution in [2.24, 2.45) is 22.2 Å². The van der Waals surface area contributed by atoms with Crippen LogP contribution in [0, 0.1) is 0 Å². The lowest BCUT2D eigenvalue weighted by Gasteiger charge is -2.32. The number of primary amides is 1. The van der Waals surface area contributed by atoms with Crippen molar-refractivity contribution in [1.29, 1.82) is 0 Å². The predicted octanol–water partition coefficient (Wildman–Crippen LogP) is 4.77. The van der Waals surface area contributed by atoms with Crippen LogP contribution in [0.25, 0.3) is 21.5 Å². The van der Waals surface area contributed by atoms with Gasteiger partial charge in [-0.1, -0.05) is 125 Å². The van der Waals surface area contributed by atoms with Crippen molar-refractivity contribution < 1.29 is 39.0 Å². The zero-order valence-electron chi connectivity index (χ0n) is 40.0. The monoisotopic (exact) mass is 953 g/mol. The average Bonchev–Trinajstić information content (AvgIpc) is 3.67. The molecule has 4 aromatic rings. The summed E-state index contributed by atoms with van der Waals surface area (Å²) in [5.41, 5.74) is 20.7. The zero-order valence-corrected chi connectivity index (χ0v) is 40.0. The molecule has 0 radical (unpaired) electrons. The molecule has 2 heterocycles. The maximum atomic E-state index is 13.8. The number of nitrogens with one attached hydrogen (secondary N) is 3. The van der Waals surface area contributed by atoms with E-state index in [4.69, 9.17) is 22.3 Å². The van der Waals surface area contributed by atoms with E-state index in [1.165, 1.54) is 5.56 Å². The number of carboxylic acid groups (broad SMARTS) is 2. The van der Waals surface area contributed by atoms with Gasteiger partial charge in [-0.15, -0.1) is 0 Å². The highest BCUT2D eigenvalue weighted by molar-refractivity contribution is 5.97. The summed E-state index contributed by atoms with van der Waals surface area (Å²) in [6.45, 7) is 8.91. The molecule has 0 saturated heterocycles. The Balaban J connectivity index is 1.19. The van der Waals surface area contributed by atoms with Gasteiger partial charge in [-0.3, -0.25) is 33.8 Å². The van der Waals surface area contributed by atoms with E-state index in [-0.39, 0.29) is 49.8 Å². The number of benzene rings is 4. The summed E-state index contributed by atoms with van der Waals surface area (Å²) in [5, 5.41) is 30.6. The maximum Gasteiger partial charge on any atom is 0.305 e. The number of aliphatic imine (C=N–C) groups is 1. The van der Waals surface area contributed by atoms with Gasteiger partial charge in [0.1, 0.15) is 12.1 Å². The predicted molar refractivity (Wildman–Crippen MR) is 273 cm³/mol. The number of nitrogens with zero attached hydrogens (tertiary/aromatic N) is 3. The maximum absolute atomic E-state index is 13.8. The van der Waals surface area contributed by atoms with Gasteiger partial charge in [-0.25, -0.2) is 0 Å². The first-order valence-electron chi connectivity index (χ1n) is 23.3. The number of anilines is 2. The van der Waals surface area contributed by atoms with Crippen molar-refractivity contribution in [1.82, 2.24) is 16.0 Å². The summed E-state index contributed by atoms with van der Waals surface area (Å²) in [7, 11) is 0. The van der Waals surface area contributed by atoms with Crippen LogP contribution >= 0.6 is 0 Å². The van der Waals surface area contributed by atoms with E-state index in [1.54, 1.807) is 0 Å². The third-order valence-corrected chi connectivity index (χ3v) is 12.9. The number of carbonyl (C=O) groups is 6. The Labute approximate surface area is 407 Å². The van der Waals surface area contributed by atoms with Crippen molar-refractivity contribution in [3.05, 3.63) is 132 Å². The molecule has 6 rings (SSSR count). The molecule has 0 aromatic heterocycles. The minimum Gasteiger partial charge on any atom is -0.481 e. The summed E-state index contributed by atoms with van der Waals surface area (Å²) in [6.07, 6.45) is 13.7. The van der Waals surface area contributed by atoms with Crippen LogP contribution in [0.15, 0.2) is 126 Å². The molecule has 1 unspecified atom stereocenters. The van der Waals surface area contributed by atoms with Crippen LogP contribution in [0.5, 0.6) is 0 Å². The summed E-state index contributed by atoms with van der Waals surface area (Å²) in [6, 6.07) is 22.1. The molecule has 2 aliphatic rings. The number of fused-ring (bicyclic) bond motifs is 6. The smallest absolute Gasteiger partial charge is 0.305 e. The molecule has 0 bridgehead atoms. The van der Waals surface area contributed by atoms with Crippen LogP contribution in [0.2, 0.25) is 0 Å². The number of allylic oxidation sites excluding steroid dienone is 7. The molecule has 17 heteroatoms. The van der Waals surface area contributed by atoms with E-state index in [0.29, 0.717) is 13.0 Å². The van der Waals surface area contributed by atoms with Gasteiger partial charge < -0.3 is 53.2 Å². The Bertz CT molecular complexity index is 2810. The summed E-state index contributed by atoms with van der Waals surface area (Å²) in [4.78, 5) is 82.5. The van der Waals surface area contributed by atoms with Crippen LogP contribution in [-0.4, -0.2) is 96.0 Å². The fourth-order valence-electron chi connectivity index (χ4n) is 9.65. The quantitative estimate of drug-likeness (QED) is 0.0229. The fourth-order valence-corrected chi connectivity index (χ4v) is 9.65. The molecule has 2 aliphatic heterocycles. The average molecular weight is 954 g/mol. The number of hydrogen-bond donors (Lipinski definition) is 8. The first-order chi connectivity index (χ1) is 33.3. The number of guanidine groups is 1. The number of nitrogens with two attached hydrogens (primary N) is 3. The summed E-state index contributed by atoms with van der Waals surface area (Å²) < 4.78 is 0. The first-order valence-corrected chi connectivity index (χ1v) is 23.3. The minimum absolute atomic E-state index is 0.0115. The number of amides is 4. The molecule has 17 nitrogen and oxygen atoms in total. The molecule has 368 valence electrons. The van der Waals surface area contributed by atoms with Gasteiger partial charge in [0.25, 0.3) is 0 Å². The van der Waals surface area contributed by atoms with Crippen molar-refractivity contribution in [3.8, 4) is 0 Å². The zero-order chi connectivity index (χ0) is 50.8. The number of aliphatic carboxylic acids is 2. The number of rotatable bonds is 22. The molecular formula is C53H63N9O8. The van der Waals surface area contributed by atoms with E-state index in [9.17, 15) is 33.9 Å². The molecule has 3 atom stereocenters. The van der Waals surface area contributed by atoms with Crippen molar-refractivity contribution in [3.63, 3.8) is 0 Å². The van der Waals surface area contributed by atoms with Gasteiger partial charge in [-0.2, -0.15) is 0 Å². The van der Waals surface area contributed by atoms with E-state index < -0.39 is 66.0 Å². The Morgan fingerprint density at radius 2 is 1.33 bits per heavy atom. The SMILES string of the molecule is CC1(C)\C(=C/C=C/C=C/C=C/C2N(CCC(=O)O)c3ccc4ccccc4c3C2(C)C)N(CCC(=O)N[C@@H](CCCN=C(N)N)C(=O)NCC(=O)N[C@@H](CC(=O)O)C(N)=O)c2ccc3ccccc3c21. The van der Waals surface area contributed by atoms with Gasteiger partial charge >= 0.3 is 11.9 Å². The Morgan fingerprint density at radius 3 is 1.97 bits per heavy atom. The van der Waals surface area contributed by atoms with Crippen LogP contribution in [-0.2, 0) is 39.6 Å². The van der Waals surface area contributed by atoms with Crippen LogP contribution in [0.3, 0.4) is 0 Å². The van der Waals surface area contributed by atoms with Gasteiger partial charge in [0, 0.05) is 54.0 Å². The lowest BCUT2D eigenvalue weighted by atomic mass is 9.78. The Hall–Kier alpha value is -7.95. The minimum atomic E-state index is -1.48. The second-order valence-electron chi connectivity index (χ2n) is 18.5.